The summed E-state index contributed by atoms with van der Waals surface area (Å²) < 4.78 is 10.9. The SMILES string of the molecule is CNCc1ccccc1OCc1nc(C2CC2)no1. The van der Waals surface area contributed by atoms with Crippen molar-refractivity contribution in [2.45, 2.75) is 31.9 Å². The first-order valence-corrected chi connectivity index (χ1v) is 6.54. The molecule has 1 aliphatic carbocycles. The summed E-state index contributed by atoms with van der Waals surface area (Å²) in [4.78, 5) is 4.34. The van der Waals surface area contributed by atoms with E-state index in [1.807, 2.05) is 31.3 Å². The summed E-state index contributed by atoms with van der Waals surface area (Å²) in [7, 11) is 1.91. The summed E-state index contributed by atoms with van der Waals surface area (Å²) in [5, 5.41) is 7.09. The molecule has 0 atom stereocenters. The molecular weight excluding hydrogens is 242 g/mol. The minimum atomic E-state index is 0.320. The van der Waals surface area contributed by atoms with Crippen molar-refractivity contribution in [1.29, 1.82) is 0 Å². The highest BCUT2D eigenvalue weighted by molar-refractivity contribution is 5.33. The van der Waals surface area contributed by atoms with Crippen molar-refractivity contribution in [1.82, 2.24) is 15.5 Å². The number of aromatic nitrogens is 2. The average molecular weight is 259 g/mol. The molecule has 0 aliphatic heterocycles. The third-order valence-corrected chi connectivity index (χ3v) is 3.12. The molecular formula is C14H17N3O2. The maximum Gasteiger partial charge on any atom is 0.264 e. The second-order valence-corrected chi connectivity index (χ2v) is 4.75. The highest BCUT2D eigenvalue weighted by atomic mass is 16.5. The van der Waals surface area contributed by atoms with E-state index in [0.29, 0.717) is 18.4 Å². The zero-order valence-corrected chi connectivity index (χ0v) is 10.9. The summed E-state index contributed by atoms with van der Waals surface area (Å²) in [5.74, 6) is 2.72. The summed E-state index contributed by atoms with van der Waals surface area (Å²) in [5.41, 5.74) is 1.12. The Balaban J connectivity index is 1.64. The van der Waals surface area contributed by atoms with Crippen molar-refractivity contribution in [2.24, 2.45) is 0 Å². The van der Waals surface area contributed by atoms with Gasteiger partial charge in [0.05, 0.1) is 0 Å². The van der Waals surface area contributed by atoms with E-state index >= 15 is 0 Å². The van der Waals surface area contributed by atoms with Crippen molar-refractivity contribution >= 4 is 0 Å². The number of hydrogen-bond donors (Lipinski definition) is 1. The lowest BCUT2D eigenvalue weighted by atomic mass is 10.2. The first-order valence-electron chi connectivity index (χ1n) is 6.54. The Morgan fingerprint density at radius 2 is 2.21 bits per heavy atom. The van der Waals surface area contributed by atoms with Gasteiger partial charge in [-0.2, -0.15) is 4.98 Å². The fourth-order valence-electron chi connectivity index (χ4n) is 1.95. The zero-order valence-electron chi connectivity index (χ0n) is 10.9. The summed E-state index contributed by atoms with van der Waals surface area (Å²) >= 11 is 0. The Hall–Kier alpha value is -1.88. The van der Waals surface area contributed by atoms with Crippen LogP contribution in [0.1, 0.15) is 36.0 Å². The molecule has 100 valence electrons. The molecule has 1 aliphatic rings. The highest BCUT2D eigenvalue weighted by Gasteiger charge is 2.28. The van der Waals surface area contributed by atoms with Gasteiger partial charge in [0.15, 0.2) is 12.4 Å². The normalized spacial score (nSPS) is 14.6. The summed E-state index contributed by atoms with van der Waals surface area (Å²) in [6, 6.07) is 7.94. The molecule has 0 spiro atoms. The number of nitrogens with one attached hydrogen (secondary N) is 1. The quantitative estimate of drug-likeness (QED) is 0.862. The zero-order chi connectivity index (χ0) is 13.1. The molecule has 19 heavy (non-hydrogen) atoms. The van der Waals surface area contributed by atoms with Crippen LogP contribution in [-0.4, -0.2) is 17.2 Å². The van der Waals surface area contributed by atoms with Crippen LogP contribution in [0.25, 0.3) is 0 Å². The molecule has 1 heterocycles. The van der Waals surface area contributed by atoms with Crippen molar-refractivity contribution < 1.29 is 9.26 Å². The Morgan fingerprint density at radius 1 is 1.37 bits per heavy atom. The van der Waals surface area contributed by atoms with Crippen LogP contribution in [0.15, 0.2) is 28.8 Å². The molecule has 5 nitrogen and oxygen atoms in total. The molecule has 1 aromatic carbocycles. The number of para-hydroxylation sites is 1. The highest BCUT2D eigenvalue weighted by Crippen LogP contribution is 2.38. The van der Waals surface area contributed by atoms with Crippen LogP contribution in [0.2, 0.25) is 0 Å². The van der Waals surface area contributed by atoms with Crippen LogP contribution >= 0.6 is 0 Å². The molecule has 2 aromatic rings. The van der Waals surface area contributed by atoms with E-state index in [4.69, 9.17) is 9.26 Å². The second kappa shape index (κ2) is 5.40. The van der Waals surface area contributed by atoms with E-state index < -0.39 is 0 Å². The Kier molecular flexibility index (Phi) is 3.46. The largest absolute Gasteiger partial charge is 0.483 e. The van der Waals surface area contributed by atoms with Crippen molar-refractivity contribution in [3.63, 3.8) is 0 Å². The molecule has 1 N–H and O–H groups in total. The molecule has 0 amide bonds. The van der Waals surface area contributed by atoms with E-state index in [-0.39, 0.29) is 0 Å². The average Bonchev–Trinajstić information content (AvgIpc) is 3.18. The van der Waals surface area contributed by atoms with Crippen molar-refractivity contribution in [2.75, 3.05) is 7.05 Å². The lowest BCUT2D eigenvalue weighted by molar-refractivity contribution is 0.240. The third-order valence-electron chi connectivity index (χ3n) is 3.12. The van der Waals surface area contributed by atoms with Gasteiger partial charge in [-0.1, -0.05) is 23.4 Å². The van der Waals surface area contributed by atoms with Gasteiger partial charge in [-0.15, -0.1) is 0 Å². The Morgan fingerprint density at radius 3 is 3.00 bits per heavy atom. The molecule has 1 aromatic heterocycles. The number of hydrogen-bond acceptors (Lipinski definition) is 5. The fraction of sp³-hybridized carbons (Fsp3) is 0.429. The maximum atomic E-state index is 5.75. The molecule has 3 rings (SSSR count). The predicted octanol–water partition coefficient (Wildman–Crippen LogP) is 2.25. The molecule has 1 saturated carbocycles. The summed E-state index contributed by atoms with van der Waals surface area (Å²) in [6.07, 6.45) is 2.34. The van der Waals surface area contributed by atoms with E-state index in [1.54, 1.807) is 0 Å². The van der Waals surface area contributed by atoms with Crippen LogP contribution < -0.4 is 10.1 Å². The molecule has 0 unspecified atom stereocenters. The molecule has 5 heteroatoms. The smallest absolute Gasteiger partial charge is 0.264 e. The lowest BCUT2D eigenvalue weighted by Gasteiger charge is -2.09. The number of ether oxygens (including phenoxy) is 1. The van der Waals surface area contributed by atoms with Crippen LogP contribution in [0.4, 0.5) is 0 Å². The van der Waals surface area contributed by atoms with Gasteiger partial charge < -0.3 is 14.6 Å². The minimum absolute atomic E-state index is 0.320. The predicted molar refractivity (Wildman–Crippen MR) is 69.8 cm³/mol. The first kappa shape index (κ1) is 12.2. The van der Waals surface area contributed by atoms with Gasteiger partial charge in [-0.25, -0.2) is 0 Å². The molecule has 1 fully saturated rings. The van der Waals surface area contributed by atoms with Gasteiger partial charge in [-0.3, -0.25) is 0 Å². The van der Waals surface area contributed by atoms with E-state index in [1.165, 1.54) is 12.8 Å². The van der Waals surface area contributed by atoms with Crippen LogP contribution in [-0.2, 0) is 13.2 Å². The number of rotatable bonds is 6. The van der Waals surface area contributed by atoms with Gasteiger partial charge in [0, 0.05) is 18.0 Å². The summed E-state index contributed by atoms with van der Waals surface area (Å²) in [6.45, 7) is 1.09. The molecule has 0 bridgehead atoms. The second-order valence-electron chi connectivity index (χ2n) is 4.75. The Labute approximate surface area is 112 Å². The van der Waals surface area contributed by atoms with Gasteiger partial charge >= 0.3 is 0 Å². The van der Waals surface area contributed by atoms with Gasteiger partial charge in [0.25, 0.3) is 5.89 Å². The van der Waals surface area contributed by atoms with Gasteiger partial charge in [0.1, 0.15) is 5.75 Å². The van der Waals surface area contributed by atoms with Crippen LogP contribution in [0.5, 0.6) is 5.75 Å². The Bertz CT molecular complexity index is 549. The maximum absolute atomic E-state index is 5.75. The van der Waals surface area contributed by atoms with Crippen molar-refractivity contribution in [3.8, 4) is 5.75 Å². The monoisotopic (exact) mass is 259 g/mol. The van der Waals surface area contributed by atoms with E-state index in [9.17, 15) is 0 Å². The third kappa shape index (κ3) is 2.93. The van der Waals surface area contributed by atoms with Gasteiger partial charge in [-0.05, 0) is 26.0 Å². The van der Waals surface area contributed by atoms with Crippen LogP contribution in [0.3, 0.4) is 0 Å². The van der Waals surface area contributed by atoms with Gasteiger partial charge in [0.2, 0.25) is 0 Å². The number of benzene rings is 1. The number of nitrogens with zero attached hydrogens (tertiary/aromatic N) is 2. The molecule has 0 saturated heterocycles. The van der Waals surface area contributed by atoms with Crippen molar-refractivity contribution in [3.05, 3.63) is 41.5 Å². The lowest BCUT2D eigenvalue weighted by Crippen LogP contribution is -2.07. The molecule has 0 radical (unpaired) electrons. The van der Waals surface area contributed by atoms with E-state index in [0.717, 1.165) is 23.7 Å². The first-order chi connectivity index (χ1) is 9.36. The fourth-order valence-corrected chi connectivity index (χ4v) is 1.95. The topological polar surface area (TPSA) is 60.2 Å². The van der Waals surface area contributed by atoms with Crippen LogP contribution in [0, 0.1) is 0 Å². The minimum Gasteiger partial charge on any atom is -0.483 e. The van der Waals surface area contributed by atoms with E-state index in [2.05, 4.69) is 15.5 Å². The standard InChI is InChI=1S/C14H17N3O2/c1-15-8-11-4-2-3-5-12(11)18-9-13-16-14(17-19-13)10-6-7-10/h2-5,10,15H,6-9H2,1H3.